The van der Waals surface area contributed by atoms with Crippen LogP contribution >= 0.6 is 0 Å². The molecule has 6 heteroatoms. The molecule has 1 aliphatic rings. The molecular formula is C13H15N5O. The van der Waals surface area contributed by atoms with E-state index in [1.807, 2.05) is 30.1 Å². The maximum atomic E-state index is 11.8. The molecule has 1 aromatic heterocycles. The number of nitrogens with two attached hydrogens (primary N) is 1. The van der Waals surface area contributed by atoms with E-state index < -0.39 is 0 Å². The van der Waals surface area contributed by atoms with E-state index in [1.165, 1.54) is 6.33 Å². The van der Waals surface area contributed by atoms with Gasteiger partial charge in [0.25, 0.3) is 0 Å². The van der Waals surface area contributed by atoms with E-state index in [0.717, 1.165) is 23.3 Å². The van der Waals surface area contributed by atoms with E-state index >= 15 is 0 Å². The Hall–Kier alpha value is -2.37. The van der Waals surface area contributed by atoms with Gasteiger partial charge < -0.3 is 15.5 Å². The highest BCUT2D eigenvalue weighted by molar-refractivity contribution is 5.93. The third-order valence-corrected chi connectivity index (χ3v) is 3.40. The van der Waals surface area contributed by atoms with Gasteiger partial charge in [0.05, 0.1) is 12.1 Å². The molecule has 0 saturated carbocycles. The molecule has 19 heavy (non-hydrogen) atoms. The number of rotatable bonds is 1. The fourth-order valence-electron chi connectivity index (χ4n) is 2.25. The third-order valence-electron chi connectivity index (χ3n) is 3.40. The van der Waals surface area contributed by atoms with Crippen molar-refractivity contribution in [3.63, 3.8) is 0 Å². The third kappa shape index (κ3) is 2.05. The molecule has 0 spiro atoms. The summed E-state index contributed by atoms with van der Waals surface area (Å²) in [6.07, 6.45) is 1.52. The van der Waals surface area contributed by atoms with Crippen LogP contribution < -0.4 is 10.6 Å². The Morgan fingerprint density at radius 2 is 2.11 bits per heavy atom. The van der Waals surface area contributed by atoms with Gasteiger partial charge in [0.1, 0.15) is 12.1 Å². The summed E-state index contributed by atoms with van der Waals surface area (Å²) in [6.45, 7) is 1.81. The fourth-order valence-corrected chi connectivity index (χ4v) is 2.25. The maximum absolute atomic E-state index is 11.8. The number of fused-ring (bicyclic) bond motifs is 1. The summed E-state index contributed by atoms with van der Waals surface area (Å²) in [5.41, 5.74) is 7.33. The Balaban J connectivity index is 2.05. The number of aromatic nitrogens is 2. The summed E-state index contributed by atoms with van der Waals surface area (Å²) in [7, 11) is 1.82. The Morgan fingerprint density at radius 3 is 2.89 bits per heavy atom. The van der Waals surface area contributed by atoms with E-state index in [-0.39, 0.29) is 5.91 Å². The normalized spacial score (nSPS) is 16.2. The second-order valence-corrected chi connectivity index (χ2v) is 4.71. The number of hydrogen-bond acceptors (Lipinski definition) is 5. The van der Waals surface area contributed by atoms with Gasteiger partial charge in [-0.2, -0.15) is 0 Å². The van der Waals surface area contributed by atoms with Gasteiger partial charge in [0.2, 0.25) is 5.91 Å². The topological polar surface area (TPSA) is 75.3 Å². The zero-order valence-corrected chi connectivity index (χ0v) is 10.7. The molecule has 0 unspecified atom stereocenters. The lowest BCUT2D eigenvalue weighted by atomic mass is 10.2. The molecule has 1 saturated heterocycles. The number of carbonyl (C=O) groups is 1. The summed E-state index contributed by atoms with van der Waals surface area (Å²) in [5, 5.41) is 0.889. The van der Waals surface area contributed by atoms with Crippen LogP contribution in [-0.4, -0.2) is 47.5 Å². The van der Waals surface area contributed by atoms with Gasteiger partial charge in [-0.25, -0.2) is 9.97 Å². The van der Waals surface area contributed by atoms with Gasteiger partial charge in [-0.05, 0) is 18.2 Å². The van der Waals surface area contributed by atoms with Crippen LogP contribution in [0, 0.1) is 0 Å². The largest absolute Gasteiger partial charge is 0.399 e. The van der Waals surface area contributed by atoms with E-state index in [1.54, 1.807) is 4.90 Å². The molecule has 0 atom stereocenters. The molecule has 1 fully saturated rings. The van der Waals surface area contributed by atoms with Crippen LogP contribution in [0.4, 0.5) is 11.5 Å². The minimum atomic E-state index is 0.0990. The van der Waals surface area contributed by atoms with Gasteiger partial charge in [0, 0.05) is 31.2 Å². The van der Waals surface area contributed by atoms with E-state index in [2.05, 4.69) is 9.97 Å². The molecule has 2 heterocycles. The Bertz CT molecular complexity index is 642. The number of piperazine rings is 1. The lowest BCUT2D eigenvalue weighted by molar-refractivity contribution is -0.129. The molecule has 0 aliphatic carbocycles. The minimum absolute atomic E-state index is 0.0990. The monoisotopic (exact) mass is 257 g/mol. The van der Waals surface area contributed by atoms with Gasteiger partial charge in [-0.1, -0.05) is 0 Å². The smallest absolute Gasteiger partial charge is 0.241 e. The molecule has 3 rings (SSSR count). The summed E-state index contributed by atoms with van der Waals surface area (Å²) in [5.74, 6) is 0.876. The second kappa shape index (κ2) is 4.38. The van der Waals surface area contributed by atoms with Crippen molar-refractivity contribution < 1.29 is 4.79 Å². The molecule has 0 bridgehead atoms. The van der Waals surface area contributed by atoms with Gasteiger partial charge >= 0.3 is 0 Å². The number of carbonyl (C=O) groups excluding carboxylic acids is 1. The Morgan fingerprint density at radius 1 is 1.26 bits per heavy atom. The van der Waals surface area contributed by atoms with Gasteiger partial charge in [-0.15, -0.1) is 0 Å². The number of nitrogen functional groups attached to an aromatic ring is 1. The lowest BCUT2D eigenvalue weighted by Gasteiger charge is -2.33. The van der Waals surface area contributed by atoms with Crippen LogP contribution in [0.1, 0.15) is 0 Å². The molecule has 2 aromatic rings. The standard InChI is InChI=1S/C13H15N5O/c1-17-4-5-18(7-12(17)19)13-10-6-9(14)2-3-11(10)15-8-16-13/h2-3,6,8H,4-5,7,14H2,1H3. The SMILES string of the molecule is CN1CCN(c2ncnc3ccc(N)cc23)CC1=O. The molecule has 1 aromatic carbocycles. The zero-order chi connectivity index (χ0) is 13.4. The molecular weight excluding hydrogens is 242 g/mol. The number of benzene rings is 1. The highest BCUT2D eigenvalue weighted by Crippen LogP contribution is 2.25. The molecule has 0 radical (unpaired) electrons. The number of nitrogens with zero attached hydrogens (tertiary/aromatic N) is 4. The molecule has 98 valence electrons. The highest BCUT2D eigenvalue weighted by Gasteiger charge is 2.23. The fraction of sp³-hybridized carbons (Fsp3) is 0.308. The van der Waals surface area contributed by atoms with Crippen LogP contribution in [0.3, 0.4) is 0 Å². The van der Waals surface area contributed by atoms with Crippen LogP contribution in [0.25, 0.3) is 10.9 Å². The van der Waals surface area contributed by atoms with E-state index in [9.17, 15) is 4.79 Å². The first kappa shape index (κ1) is 11.7. The van der Waals surface area contributed by atoms with Crippen LogP contribution in [0.2, 0.25) is 0 Å². The first-order valence-electron chi connectivity index (χ1n) is 6.14. The summed E-state index contributed by atoms with van der Waals surface area (Å²) in [4.78, 5) is 24.0. The minimum Gasteiger partial charge on any atom is -0.399 e. The average Bonchev–Trinajstić information content (AvgIpc) is 2.41. The highest BCUT2D eigenvalue weighted by atomic mass is 16.2. The first-order valence-corrected chi connectivity index (χ1v) is 6.14. The second-order valence-electron chi connectivity index (χ2n) is 4.71. The van der Waals surface area contributed by atoms with Crippen molar-refractivity contribution in [1.29, 1.82) is 0 Å². The van der Waals surface area contributed by atoms with Crippen LogP contribution in [0.5, 0.6) is 0 Å². The predicted molar refractivity (Wildman–Crippen MR) is 73.8 cm³/mol. The van der Waals surface area contributed by atoms with Crippen molar-refractivity contribution in [2.45, 2.75) is 0 Å². The lowest BCUT2D eigenvalue weighted by Crippen LogP contribution is -2.48. The Kier molecular flexibility index (Phi) is 2.70. The Labute approximate surface area is 110 Å². The summed E-state index contributed by atoms with van der Waals surface area (Å²) < 4.78 is 0. The average molecular weight is 257 g/mol. The van der Waals surface area contributed by atoms with Gasteiger partial charge in [-0.3, -0.25) is 4.79 Å². The predicted octanol–water partition coefficient (Wildman–Crippen LogP) is 0.490. The molecule has 2 N–H and O–H groups in total. The van der Waals surface area contributed by atoms with Crippen molar-refractivity contribution in [3.8, 4) is 0 Å². The van der Waals surface area contributed by atoms with Crippen molar-refractivity contribution in [1.82, 2.24) is 14.9 Å². The number of anilines is 2. The van der Waals surface area contributed by atoms with Crippen molar-refractivity contribution in [2.24, 2.45) is 0 Å². The summed E-state index contributed by atoms with van der Waals surface area (Å²) in [6, 6.07) is 5.54. The quantitative estimate of drug-likeness (QED) is 0.752. The summed E-state index contributed by atoms with van der Waals surface area (Å²) >= 11 is 0. The van der Waals surface area contributed by atoms with E-state index in [4.69, 9.17) is 5.73 Å². The number of amides is 1. The van der Waals surface area contributed by atoms with Crippen molar-refractivity contribution >= 4 is 28.3 Å². The molecule has 6 nitrogen and oxygen atoms in total. The first-order chi connectivity index (χ1) is 9.15. The zero-order valence-electron chi connectivity index (χ0n) is 10.7. The number of hydrogen-bond donors (Lipinski definition) is 1. The molecule has 1 amide bonds. The maximum Gasteiger partial charge on any atom is 0.241 e. The van der Waals surface area contributed by atoms with Crippen molar-refractivity contribution in [3.05, 3.63) is 24.5 Å². The van der Waals surface area contributed by atoms with Gasteiger partial charge in [0.15, 0.2) is 0 Å². The van der Waals surface area contributed by atoms with Crippen molar-refractivity contribution in [2.75, 3.05) is 37.3 Å². The van der Waals surface area contributed by atoms with Crippen LogP contribution in [0.15, 0.2) is 24.5 Å². The van der Waals surface area contributed by atoms with E-state index in [0.29, 0.717) is 18.8 Å². The number of likely N-dealkylation sites (N-methyl/N-ethyl adjacent to an activating group) is 1. The van der Waals surface area contributed by atoms with Crippen LogP contribution in [-0.2, 0) is 4.79 Å². The molecule has 1 aliphatic heterocycles.